The Morgan fingerprint density at radius 1 is 1.45 bits per heavy atom. The number of amides is 1. The highest BCUT2D eigenvalue weighted by atomic mass is 79.9. The lowest BCUT2D eigenvalue weighted by Crippen LogP contribution is -2.15. The highest BCUT2D eigenvalue weighted by molar-refractivity contribution is 9.10. The molecule has 1 N–H and O–H groups in total. The Morgan fingerprint density at radius 3 is 2.90 bits per heavy atom. The maximum Gasteiger partial charge on any atom is 0.259 e. The minimum Gasteiger partial charge on any atom is -0.481 e. The van der Waals surface area contributed by atoms with Crippen LogP contribution in [-0.4, -0.2) is 23.0 Å². The van der Waals surface area contributed by atoms with E-state index in [0.717, 1.165) is 0 Å². The summed E-state index contributed by atoms with van der Waals surface area (Å²) in [5.41, 5.74) is 0.118. The molecule has 0 fully saturated rings. The average Bonchev–Trinajstić information content (AvgIpc) is 2.41. The molecule has 0 bridgehead atoms. The van der Waals surface area contributed by atoms with Crippen LogP contribution in [0.2, 0.25) is 5.15 Å². The van der Waals surface area contributed by atoms with Gasteiger partial charge in [-0.05, 0) is 28.1 Å². The maximum atomic E-state index is 13.4. The van der Waals surface area contributed by atoms with E-state index in [1.54, 1.807) is 0 Å². The molecule has 2 aromatic rings. The van der Waals surface area contributed by atoms with Crippen molar-refractivity contribution in [3.63, 3.8) is 0 Å². The molecule has 104 valence electrons. The Bertz CT molecular complexity index is 669. The number of nitrogens with one attached hydrogen (secondary N) is 1. The first-order valence-corrected chi connectivity index (χ1v) is 6.52. The van der Waals surface area contributed by atoms with E-state index < -0.39 is 11.7 Å². The number of aromatic nitrogens is 2. The number of hydrogen-bond acceptors (Lipinski definition) is 4. The Balaban J connectivity index is 2.28. The first kappa shape index (κ1) is 14.7. The topological polar surface area (TPSA) is 64.1 Å². The molecule has 20 heavy (non-hydrogen) atoms. The molecule has 8 heteroatoms. The monoisotopic (exact) mass is 359 g/mol. The zero-order chi connectivity index (χ0) is 14.7. The number of nitrogens with zero attached hydrogens (tertiary/aromatic N) is 2. The van der Waals surface area contributed by atoms with Gasteiger partial charge < -0.3 is 4.74 Å². The molecule has 0 radical (unpaired) electrons. The van der Waals surface area contributed by atoms with Crippen LogP contribution in [0.5, 0.6) is 5.88 Å². The van der Waals surface area contributed by atoms with Crippen molar-refractivity contribution < 1.29 is 13.9 Å². The van der Waals surface area contributed by atoms with E-state index in [1.165, 1.54) is 31.4 Å². The quantitative estimate of drug-likeness (QED) is 0.853. The summed E-state index contributed by atoms with van der Waals surface area (Å²) in [6.07, 6.45) is 0. The van der Waals surface area contributed by atoms with Gasteiger partial charge in [0.25, 0.3) is 5.91 Å². The number of benzene rings is 1. The molecular weight excluding hydrogens is 353 g/mol. The normalized spacial score (nSPS) is 10.2. The average molecular weight is 361 g/mol. The van der Waals surface area contributed by atoms with Crippen molar-refractivity contribution in [3.8, 4) is 5.88 Å². The molecule has 0 aliphatic carbocycles. The molecular formula is C12H8BrClFN3O2. The SMILES string of the molecule is COc1cc(Cl)nc(NC(=O)c2cccc(F)c2Br)n1. The fourth-order valence-electron chi connectivity index (χ4n) is 1.41. The minimum absolute atomic E-state index is 0.0319. The molecule has 5 nitrogen and oxygen atoms in total. The number of halogens is 3. The van der Waals surface area contributed by atoms with E-state index in [-0.39, 0.29) is 27.0 Å². The first-order chi connectivity index (χ1) is 9.51. The van der Waals surface area contributed by atoms with Gasteiger partial charge in [-0.15, -0.1) is 0 Å². The zero-order valence-corrected chi connectivity index (χ0v) is 12.5. The number of methoxy groups -OCH3 is 1. The van der Waals surface area contributed by atoms with Crippen LogP contribution >= 0.6 is 27.5 Å². The first-order valence-electron chi connectivity index (χ1n) is 5.35. The number of hydrogen-bond donors (Lipinski definition) is 1. The molecule has 0 aliphatic heterocycles. The van der Waals surface area contributed by atoms with Crippen LogP contribution in [0.15, 0.2) is 28.7 Å². The van der Waals surface area contributed by atoms with Crippen molar-refractivity contribution in [1.82, 2.24) is 9.97 Å². The summed E-state index contributed by atoms with van der Waals surface area (Å²) in [4.78, 5) is 19.8. The van der Waals surface area contributed by atoms with Crippen molar-refractivity contribution in [1.29, 1.82) is 0 Å². The second-order valence-electron chi connectivity index (χ2n) is 3.61. The molecule has 0 saturated heterocycles. The van der Waals surface area contributed by atoms with Gasteiger partial charge in [0.1, 0.15) is 11.0 Å². The summed E-state index contributed by atoms with van der Waals surface area (Å²) in [5, 5.41) is 2.54. The Morgan fingerprint density at radius 2 is 2.20 bits per heavy atom. The van der Waals surface area contributed by atoms with Crippen molar-refractivity contribution in [2.45, 2.75) is 0 Å². The number of carbonyl (C=O) groups excluding carboxylic acids is 1. The van der Waals surface area contributed by atoms with Crippen molar-refractivity contribution in [2.75, 3.05) is 12.4 Å². The van der Waals surface area contributed by atoms with Crippen LogP contribution in [0, 0.1) is 5.82 Å². The molecule has 0 atom stereocenters. The van der Waals surface area contributed by atoms with E-state index in [2.05, 4.69) is 31.2 Å². The Kier molecular flexibility index (Phi) is 4.51. The molecule has 1 aromatic heterocycles. The van der Waals surface area contributed by atoms with Gasteiger partial charge in [-0.1, -0.05) is 17.7 Å². The third-order valence-corrected chi connectivity index (χ3v) is 3.30. The number of rotatable bonds is 3. The smallest absolute Gasteiger partial charge is 0.259 e. The van der Waals surface area contributed by atoms with Crippen LogP contribution in [-0.2, 0) is 0 Å². The predicted molar refractivity (Wildman–Crippen MR) is 75.6 cm³/mol. The van der Waals surface area contributed by atoms with E-state index >= 15 is 0 Å². The van der Waals surface area contributed by atoms with Crippen LogP contribution in [0.4, 0.5) is 10.3 Å². The third-order valence-electron chi connectivity index (χ3n) is 2.30. The zero-order valence-electron chi connectivity index (χ0n) is 10.2. The van der Waals surface area contributed by atoms with E-state index in [9.17, 15) is 9.18 Å². The van der Waals surface area contributed by atoms with Crippen molar-refractivity contribution in [3.05, 3.63) is 45.3 Å². The molecule has 2 rings (SSSR count). The number of ether oxygens (including phenoxy) is 1. The van der Waals surface area contributed by atoms with Gasteiger partial charge >= 0.3 is 0 Å². The molecule has 1 heterocycles. The molecule has 1 aromatic carbocycles. The van der Waals surface area contributed by atoms with Gasteiger partial charge in [0.15, 0.2) is 0 Å². The third kappa shape index (κ3) is 3.23. The van der Waals surface area contributed by atoms with Crippen LogP contribution in [0.1, 0.15) is 10.4 Å². The molecule has 0 aliphatic rings. The van der Waals surface area contributed by atoms with Gasteiger partial charge in [0, 0.05) is 6.07 Å². The summed E-state index contributed by atoms with van der Waals surface area (Å²) < 4.78 is 18.3. The summed E-state index contributed by atoms with van der Waals surface area (Å²) in [6, 6.07) is 5.52. The van der Waals surface area contributed by atoms with Gasteiger partial charge in [-0.2, -0.15) is 4.98 Å². The van der Waals surface area contributed by atoms with Crippen LogP contribution in [0.25, 0.3) is 0 Å². The largest absolute Gasteiger partial charge is 0.481 e. The fraction of sp³-hybridized carbons (Fsp3) is 0.0833. The van der Waals surface area contributed by atoms with Gasteiger partial charge in [-0.25, -0.2) is 9.37 Å². The molecule has 0 saturated carbocycles. The van der Waals surface area contributed by atoms with E-state index in [4.69, 9.17) is 16.3 Å². The summed E-state index contributed by atoms with van der Waals surface area (Å²) in [5.74, 6) is -0.933. The Hall–Kier alpha value is -1.73. The van der Waals surface area contributed by atoms with Gasteiger partial charge in [-0.3, -0.25) is 10.1 Å². The van der Waals surface area contributed by atoms with E-state index in [0.29, 0.717) is 0 Å². The van der Waals surface area contributed by atoms with E-state index in [1.807, 2.05) is 0 Å². The lowest BCUT2D eigenvalue weighted by Gasteiger charge is -2.07. The minimum atomic E-state index is -0.569. The van der Waals surface area contributed by atoms with Crippen LogP contribution < -0.4 is 10.1 Å². The molecule has 1 amide bonds. The van der Waals surface area contributed by atoms with Crippen molar-refractivity contribution >= 4 is 39.4 Å². The van der Waals surface area contributed by atoms with Gasteiger partial charge in [0.05, 0.1) is 17.1 Å². The predicted octanol–water partition coefficient (Wildman–Crippen LogP) is 3.29. The lowest BCUT2D eigenvalue weighted by atomic mass is 10.2. The van der Waals surface area contributed by atoms with Gasteiger partial charge in [0.2, 0.25) is 11.8 Å². The highest BCUT2D eigenvalue weighted by Gasteiger charge is 2.15. The highest BCUT2D eigenvalue weighted by Crippen LogP contribution is 2.22. The standard InChI is InChI=1S/C12H8BrClFN3O2/c1-20-9-5-8(14)16-12(17-9)18-11(19)6-3-2-4-7(15)10(6)13/h2-5H,1H3,(H,16,17,18,19). The second-order valence-corrected chi connectivity index (χ2v) is 4.79. The number of carbonyl (C=O) groups is 1. The molecule has 0 spiro atoms. The second kappa shape index (κ2) is 6.15. The summed E-state index contributed by atoms with van der Waals surface area (Å²) >= 11 is 8.77. The Labute approximate surface area is 127 Å². The molecule has 0 unspecified atom stereocenters. The lowest BCUT2D eigenvalue weighted by molar-refractivity contribution is 0.102. The van der Waals surface area contributed by atoms with Crippen molar-refractivity contribution in [2.24, 2.45) is 0 Å². The number of anilines is 1. The fourth-order valence-corrected chi connectivity index (χ4v) is 2.02. The summed E-state index contributed by atoms with van der Waals surface area (Å²) in [7, 11) is 1.41. The van der Waals surface area contributed by atoms with Crippen LogP contribution in [0.3, 0.4) is 0 Å². The maximum absolute atomic E-state index is 13.4. The summed E-state index contributed by atoms with van der Waals surface area (Å²) in [6.45, 7) is 0.